The van der Waals surface area contributed by atoms with Gasteiger partial charge in [-0.1, -0.05) is 0 Å². The molecule has 0 amide bonds. The Morgan fingerprint density at radius 1 is 1.32 bits per heavy atom. The number of carbonyl (C=O) groups is 1. The van der Waals surface area contributed by atoms with Crippen molar-refractivity contribution in [3.05, 3.63) is 42.2 Å². The van der Waals surface area contributed by atoms with Crippen LogP contribution < -0.4 is 0 Å². The number of hydrogen-bond acceptors (Lipinski definition) is 4. The number of rotatable bonds is 3. The summed E-state index contributed by atoms with van der Waals surface area (Å²) < 4.78 is 20.9. The van der Waals surface area contributed by atoms with Crippen molar-refractivity contribution < 1.29 is 13.9 Å². The fourth-order valence-corrected chi connectivity index (χ4v) is 1.92. The number of nitrogens with zero attached hydrogens (tertiary/aromatic N) is 3. The molecule has 22 heavy (non-hydrogen) atoms. The molecule has 2 rings (SSSR count). The molecule has 0 atom stereocenters. The molecule has 2 heterocycles. The topological polar surface area (TPSA) is 57.0 Å². The molecule has 0 aliphatic heterocycles. The molecule has 5 nitrogen and oxygen atoms in total. The maximum absolute atomic E-state index is 14.1. The van der Waals surface area contributed by atoms with Gasteiger partial charge in [0.05, 0.1) is 12.4 Å². The zero-order valence-corrected chi connectivity index (χ0v) is 13.0. The van der Waals surface area contributed by atoms with Crippen LogP contribution in [0.3, 0.4) is 0 Å². The average molecular weight is 303 g/mol. The lowest BCUT2D eigenvalue weighted by molar-refractivity contribution is -0.148. The zero-order chi connectivity index (χ0) is 16.3. The molecular weight excluding hydrogens is 285 g/mol. The Morgan fingerprint density at radius 3 is 2.64 bits per heavy atom. The maximum Gasteiger partial charge on any atom is 0.331 e. The first-order chi connectivity index (χ1) is 10.3. The summed E-state index contributed by atoms with van der Waals surface area (Å²) in [6, 6.07) is 0. The fraction of sp³-hybridized carbons (Fsp3) is 0.312. The van der Waals surface area contributed by atoms with Gasteiger partial charge >= 0.3 is 5.97 Å². The lowest BCUT2D eigenvalue weighted by Crippen LogP contribution is -2.22. The third kappa shape index (κ3) is 4.00. The molecule has 0 aliphatic rings. The fourth-order valence-electron chi connectivity index (χ4n) is 1.92. The van der Waals surface area contributed by atoms with Gasteiger partial charge in [-0.15, -0.1) is 0 Å². The average Bonchev–Trinajstić information content (AvgIpc) is 2.80. The predicted octanol–water partition coefficient (Wildman–Crippen LogP) is 2.98. The van der Waals surface area contributed by atoms with Crippen LogP contribution in [-0.2, 0) is 16.6 Å². The number of ether oxygens (including phenoxy) is 1. The van der Waals surface area contributed by atoms with Crippen molar-refractivity contribution in [3.8, 4) is 11.1 Å². The number of aromatic nitrogens is 3. The van der Waals surface area contributed by atoms with Crippen molar-refractivity contribution in [1.82, 2.24) is 14.8 Å². The highest BCUT2D eigenvalue weighted by molar-refractivity contribution is 5.89. The summed E-state index contributed by atoms with van der Waals surface area (Å²) in [6.45, 7) is 5.34. The molecule has 2 aromatic heterocycles. The minimum absolute atomic E-state index is 0.350. The molecule has 0 bridgehead atoms. The van der Waals surface area contributed by atoms with Gasteiger partial charge in [-0.05, 0) is 26.8 Å². The summed E-state index contributed by atoms with van der Waals surface area (Å²) in [6.07, 6.45) is 8.64. The van der Waals surface area contributed by atoms with E-state index in [-0.39, 0.29) is 0 Å². The smallest absolute Gasteiger partial charge is 0.331 e. The van der Waals surface area contributed by atoms with Gasteiger partial charge in [0.1, 0.15) is 11.4 Å². The van der Waals surface area contributed by atoms with E-state index in [2.05, 4.69) is 10.1 Å². The SMILES string of the molecule is Cn1cc(-c2c(F)cncc2C=CC(=O)OC(C)(C)C)cn1. The summed E-state index contributed by atoms with van der Waals surface area (Å²) in [5, 5.41) is 4.03. The monoisotopic (exact) mass is 303 g/mol. The third-order valence-corrected chi connectivity index (χ3v) is 2.73. The molecule has 0 spiro atoms. The minimum atomic E-state index is -0.576. The Labute approximate surface area is 128 Å². The van der Waals surface area contributed by atoms with Crippen LogP contribution in [0.1, 0.15) is 26.3 Å². The van der Waals surface area contributed by atoms with Crippen molar-refractivity contribution in [2.24, 2.45) is 7.05 Å². The van der Waals surface area contributed by atoms with E-state index in [9.17, 15) is 9.18 Å². The molecule has 2 aromatic rings. The van der Waals surface area contributed by atoms with Gasteiger partial charge in [-0.2, -0.15) is 5.10 Å². The number of carbonyl (C=O) groups excluding carboxylic acids is 1. The Kier molecular flexibility index (Phi) is 4.40. The van der Waals surface area contributed by atoms with E-state index >= 15 is 0 Å². The number of aryl methyl sites for hydroxylation is 1. The Hall–Kier alpha value is -2.50. The van der Waals surface area contributed by atoms with Crippen molar-refractivity contribution in [2.45, 2.75) is 26.4 Å². The lowest BCUT2D eigenvalue weighted by Gasteiger charge is -2.17. The first kappa shape index (κ1) is 15.9. The first-order valence-electron chi connectivity index (χ1n) is 6.80. The molecule has 0 saturated heterocycles. The van der Waals surface area contributed by atoms with Crippen molar-refractivity contribution in [3.63, 3.8) is 0 Å². The maximum atomic E-state index is 14.1. The van der Waals surface area contributed by atoms with E-state index in [0.717, 1.165) is 6.20 Å². The number of halogens is 1. The second kappa shape index (κ2) is 6.09. The quantitative estimate of drug-likeness (QED) is 0.646. The first-order valence-corrected chi connectivity index (χ1v) is 6.80. The van der Waals surface area contributed by atoms with Crippen LogP contribution in [0.15, 0.2) is 30.9 Å². The normalized spacial score (nSPS) is 11.9. The van der Waals surface area contributed by atoms with E-state index in [0.29, 0.717) is 16.7 Å². The number of pyridine rings is 1. The van der Waals surface area contributed by atoms with Gasteiger partial charge in [-0.3, -0.25) is 9.67 Å². The van der Waals surface area contributed by atoms with E-state index in [1.807, 2.05) is 0 Å². The third-order valence-electron chi connectivity index (χ3n) is 2.73. The van der Waals surface area contributed by atoms with E-state index in [1.165, 1.54) is 18.3 Å². The lowest BCUT2D eigenvalue weighted by atomic mass is 10.0. The highest BCUT2D eigenvalue weighted by Crippen LogP contribution is 2.26. The highest BCUT2D eigenvalue weighted by Gasteiger charge is 2.15. The summed E-state index contributed by atoms with van der Waals surface area (Å²) in [4.78, 5) is 15.6. The van der Waals surface area contributed by atoms with Crippen LogP contribution in [-0.4, -0.2) is 26.3 Å². The van der Waals surface area contributed by atoms with Crippen molar-refractivity contribution in [2.75, 3.05) is 0 Å². The molecule has 6 heteroatoms. The zero-order valence-electron chi connectivity index (χ0n) is 13.0. The van der Waals surface area contributed by atoms with Gasteiger partial charge in [0, 0.05) is 42.2 Å². The standard InChI is InChI=1S/C16H18FN3O2/c1-16(2,3)22-14(21)6-5-11-7-18-9-13(17)15(11)12-8-19-20(4)10-12/h5-10H,1-4H3. The largest absolute Gasteiger partial charge is 0.457 e. The number of hydrogen-bond donors (Lipinski definition) is 0. The van der Waals surface area contributed by atoms with Crippen molar-refractivity contribution in [1.29, 1.82) is 0 Å². The van der Waals surface area contributed by atoms with Gasteiger partial charge in [-0.25, -0.2) is 9.18 Å². The minimum Gasteiger partial charge on any atom is -0.457 e. The second-order valence-electron chi connectivity index (χ2n) is 5.86. The van der Waals surface area contributed by atoms with Crippen LogP contribution in [0.25, 0.3) is 17.2 Å². The Balaban J connectivity index is 2.32. The summed E-state index contributed by atoms with van der Waals surface area (Å²) in [5.74, 6) is -0.965. The molecule has 0 N–H and O–H groups in total. The van der Waals surface area contributed by atoms with Crippen LogP contribution in [0.2, 0.25) is 0 Å². The molecule has 0 saturated carbocycles. The molecular formula is C16H18FN3O2. The Morgan fingerprint density at radius 2 is 2.05 bits per heavy atom. The predicted molar refractivity (Wildman–Crippen MR) is 81.3 cm³/mol. The summed E-state index contributed by atoms with van der Waals surface area (Å²) in [7, 11) is 1.75. The highest BCUT2D eigenvalue weighted by atomic mass is 19.1. The van der Waals surface area contributed by atoms with Gasteiger partial charge in [0.15, 0.2) is 0 Å². The molecule has 116 valence electrons. The van der Waals surface area contributed by atoms with Gasteiger partial charge < -0.3 is 4.74 Å². The second-order valence-corrected chi connectivity index (χ2v) is 5.86. The number of esters is 1. The summed E-state index contributed by atoms with van der Waals surface area (Å²) >= 11 is 0. The molecule has 0 unspecified atom stereocenters. The molecule has 0 fully saturated rings. The van der Waals surface area contributed by atoms with Crippen LogP contribution in [0, 0.1) is 5.82 Å². The van der Waals surface area contributed by atoms with E-state index in [1.54, 1.807) is 44.9 Å². The van der Waals surface area contributed by atoms with E-state index < -0.39 is 17.4 Å². The van der Waals surface area contributed by atoms with Crippen LogP contribution >= 0.6 is 0 Å². The van der Waals surface area contributed by atoms with Gasteiger partial charge in [0.25, 0.3) is 0 Å². The Bertz CT molecular complexity index is 714. The van der Waals surface area contributed by atoms with Crippen LogP contribution in [0.5, 0.6) is 0 Å². The van der Waals surface area contributed by atoms with E-state index in [4.69, 9.17) is 4.74 Å². The molecule has 0 aliphatic carbocycles. The van der Waals surface area contributed by atoms with Gasteiger partial charge in [0.2, 0.25) is 0 Å². The molecule has 0 aromatic carbocycles. The van der Waals surface area contributed by atoms with Crippen molar-refractivity contribution >= 4 is 12.0 Å². The molecule has 0 radical (unpaired) electrons. The van der Waals surface area contributed by atoms with Crippen LogP contribution in [0.4, 0.5) is 4.39 Å². The summed E-state index contributed by atoms with van der Waals surface area (Å²) in [5.41, 5.74) is 0.876.